The van der Waals surface area contributed by atoms with E-state index in [0.717, 1.165) is 21.9 Å². The molecule has 1 amide bonds. The third kappa shape index (κ3) is 3.99. The largest absolute Gasteiger partial charge is 0.503 e. The van der Waals surface area contributed by atoms with E-state index in [1.54, 1.807) is 31.2 Å². The van der Waals surface area contributed by atoms with E-state index in [-0.39, 0.29) is 5.57 Å². The Morgan fingerprint density at radius 2 is 1.66 bits per heavy atom. The molecule has 1 N–H and O–H groups in total. The number of hydrogen-bond donors (Lipinski definition) is 1. The number of anilines is 1. The maximum absolute atomic E-state index is 14.2. The molecule has 0 fully saturated rings. The number of fused-ring (bicyclic) bond motifs is 1. The summed E-state index contributed by atoms with van der Waals surface area (Å²) < 4.78 is 0. The van der Waals surface area contributed by atoms with Crippen LogP contribution in [0.5, 0.6) is 0 Å². The number of aliphatic hydroxyl groups is 1. The number of aromatic nitrogens is 1. The van der Waals surface area contributed by atoms with Gasteiger partial charge in [-0.05, 0) is 41.5 Å². The Labute approximate surface area is 228 Å². The van der Waals surface area contributed by atoms with Crippen LogP contribution < -0.4 is 4.90 Å². The molecular formula is C31H21ClN2O3S. The summed E-state index contributed by atoms with van der Waals surface area (Å²) in [6.07, 6.45) is 0. The molecule has 5 nitrogen and oxygen atoms in total. The van der Waals surface area contributed by atoms with Gasteiger partial charge in [-0.15, -0.1) is 11.3 Å². The van der Waals surface area contributed by atoms with Crippen LogP contribution in [0, 0.1) is 6.92 Å². The fraction of sp³-hybridized carbons (Fsp3) is 0.0645. The molecule has 0 radical (unpaired) electrons. The Kier molecular flexibility index (Phi) is 6.06. The number of carbonyl (C=O) groups excluding carboxylic acids is 2. The second-order valence-electron chi connectivity index (χ2n) is 9.02. The van der Waals surface area contributed by atoms with Gasteiger partial charge in [-0.2, -0.15) is 0 Å². The van der Waals surface area contributed by atoms with Crippen molar-refractivity contribution in [3.05, 3.63) is 130 Å². The highest BCUT2D eigenvalue weighted by Gasteiger charge is 2.46. The second-order valence-corrected chi connectivity index (χ2v) is 10.5. The molecule has 0 spiro atoms. The van der Waals surface area contributed by atoms with Crippen LogP contribution in [0.2, 0.25) is 5.02 Å². The van der Waals surface area contributed by atoms with Crippen LogP contribution >= 0.6 is 22.9 Å². The van der Waals surface area contributed by atoms with E-state index in [0.29, 0.717) is 26.3 Å². The fourth-order valence-corrected chi connectivity index (χ4v) is 6.16. The van der Waals surface area contributed by atoms with Crippen molar-refractivity contribution in [1.29, 1.82) is 0 Å². The number of ketones is 1. The molecule has 5 aromatic rings. The second kappa shape index (κ2) is 9.56. The fourth-order valence-electron chi connectivity index (χ4n) is 4.95. The zero-order valence-electron chi connectivity index (χ0n) is 20.3. The SMILES string of the molecule is Cc1nc(-c2ccccc2)sc1C(=O)C1=C(O)C(=O)N(c2cccc(Cl)c2)C1c1cccc2ccccc12. The Morgan fingerprint density at radius 1 is 0.947 bits per heavy atom. The number of aliphatic hydroxyl groups excluding tert-OH is 1. The Morgan fingerprint density at radius 3 is 2.45 bits per heavy atom. The molecule has 4 aromatic carbocycles. The number of carbonyl (C=O) groups is 2. The number of nitrogens with zero attached hydrogens (tertiary/aromatic N) is 2. The number of thiazole rings is 1. The van der Waals surface area contributed by atoms with E-state index < -0.39 is 23.5 Å². The van der Waals surface area contributed by atoms with Crippen LogP contribution in [0.3, 0.4) is 0 Å². The third-order valence-corrected chi connectivity index (χ3v) is 8.12. The molecular weight excluding hydrogens is 516 g/mol. The topological polar surface area (TPSA) is 70.5 Å². The lowest BCUT2D eigenvalue weighted by Gasteiger charge is -2.28. The summed E-state index contributed by atoms with van der Waals surface area (Å²) in [4.78, 5) is 34.3. The Bertz CT molecular complexity index is 1750. The third-order valence-electron chi connectivity index (χ3n) is 6.68. The van der Waals surface area contributed by atoms with Gasteiger partial charge in [-0.1, -0.05) is 90.5 Å². The standard InChI is InChI=1S/C31H21ClN2O3S/c1-18-29(38-30(33-18)20-10-3-2-4-11-20)27(35)25-26(24-16-7-12-19-9-5-6-15-23(19)24)34(31(37)28(25)36)22-14-8-13-21(32)17-22/h2-17,26,36H,1H3. The number of halogens is 1. The van der Waals surface area contributed by atoms with E-state index in [1.165, 1.54) is 16.2 Å². The quantitative estimate of drug-likeness (QED) is 0.233. The number of benzene rings is 4. The predicted octanol–water partition coefficient (Wildman–Crippen LogP) is 7.71. The lowest BCUT2D eigenvalue weighted by Crippen LogP contribution is -2.31. The highest BCUT2D eigenvalue weighted by Crippen LogP contribution is 2.45. The van der Waals surface area contributed by atoms with Crippen LogP contribution in [-0.4, -0.2) is 21.8 Å². The monoisotopic (exact) mass is 536 g/mol. The summed E-state index contributed by atoms with van der Waals surface area (Å²) in [7, 11) is 0. The first-order valence-electron chi connectivity index (χ1n) is 12.0. The summed E-state index contributed by atoms with van der Waals surface area (Å²) in [6, 6.07) is 29.1. The van der Waals surface area contributed by atoms with Gasteiger partial charge in [-0.25, -0.2) is 4.98 Å². The van der Waals surface area contributed by atoms with Gasteiger partial charge in [0.25, 0.3) is 5.91 Å². The summed E-state index contributed by atoms with van der Waals surface area (Å²) in [5.74, 6) is -1.64. The van der Waals surface area contributed by atoms with Gasteiger partial charge in [0.2, 0.25) is 5.78 Å². The van der Waals surface area contributed by atoms with Gasteiger partial charge >= 0.3 is 0 Å². The number of amides is 1. The maximum atomic E-state index is 14.2. The van der Waals surface area contributed by atoms with Crippen molar-refractivity contribution in [2.45, 2.75) is 13.0 Å². The minimum Gasteiger partial charge on any atom is -0.503 e. The van der Waals surface area contributed by atoms with Gasteiger partial charge < -0.3 is 5.11 Å². The van der Waals surface area contributed by atoms with E-state index in [9.17, 15) is 14.7 Å². The summed E-state index contributed by atoms with van der Waals surface area (Å²) in [5.41, 5.74) is 2.68. The van der Waals surface area contributed by atoms with Crippen molar-refractivity contribution in [3.8, 4) is 10.6 Å². The van der Waals surface area contributed by atoms with Crippen molar-refractivity contribution in [3.63, 3.8) is 0 Å². The molecule has 6 rings (SSSR count). The molecule has 186 valence electrons. The number of Topliss-reactive ketones (excluding diaryl/α,β-unsaturated/α-hetero) is 1. The van der Waals surface area contributed by atoms with E-state index in [4.69, 9.17) is 11.6 Å². The number of aryl methyl sites for hydroxylation is 1. The van der Waals surface area contributed by atoms with E-state index >= 15 is 0 Å². The summed E-state index contributed by atoms with van der Waals surface area (Å²) in [6.45, 7) is 1.77. The lowest BCUT2D eigenvalue weighted by molar-refractivity contribution is -0.117. The zero-order chi connectivity index (χ0) is 26.4. The molecule has 1 atom stereocenters. The number of hydrogen-bond acceptors (Lipinski definition) is 5. The molecule has 2 heterocycles. The molecule has 0 saturated heterocycles. The Balaban J connectivity index is 1.54. The molecule has 0 aliphatic carbocycles. The predicted molar refractivity (Wildman–Crippen MR) is 152 cm³/mol. The first-order valence-corrected chi connectivity index (χ1v) is 13.2. The average Bonchev–Trinajstić information content (AvgIpc) is 3.45. The van der Waals surface area contributed by atoms with Gasteiger partial charge in [-0.3, -0.25) is 14.5 Å². The normalized spacial score (nSPS) is 15.5. The van der Waals surface area contributed by atoms with Crippen LogP contribution in [0.1, 0.15) is 27.0 Å². The maximum Gasteiger partial charge on any atom is 0.294 e. The van der Waals surface area contributed by atoms with Crippen molar-refractivity contribution >= 4 is 51.1 Å². The van der Waals surface area contributed by atoms with Crippen molar-refractivity contribution in [1.82, 2.24) is 4.98 Å². The number of rotatable bonds is 5. The molecule has 0 bridgehead atoms. The smallest absolute Gasteiger partial charge is 0.294 e. The van der Waals surface area contributed by atoms with Crippen LogP contribution in [0.15, 0.2) is 108 Å². The minimum atomic E-state index is -0.860. The van der Waals surface area contributed by atoms with Crippen LogP contribution in [-0.2, 0) is 4.79 Å². The molecule has 0 saturated carbocycles. The minimum absolute atomic E-state index is 0.0256. The highest BCUT2D eigenvalue weighted by molar-refractivity contribution is 7.17. The lowest BCUT2D eigenvalue weighted by atomic mass is 9.91. The first-order chi connectivity index (χ1) is 18.4. The van der Waals surface area contributed by atoms with Gasteiger partial charge in [0, 0.05) is 16.3 Å². The van der Waals surface area contributed by atoms with Crippen LogP contribution in [0.25, 0.3) is 21.3 Å². The Hall–Kier alpha value is -4.26. The molecule has 1 aliphatic rings. The molecule has 1 unspecified atom stereocenters. The molecule has 38 heavy (non-hydrogen) atoms. The molecule has 1 aromatic heterocycles. The van der Waals surface area contributed by atoms with Crippen molar-refractivity contribution in [2.24, 2.45) is 0 Å². The molecule has 7 heteroatoms. The average molecular weight is 537 g/mol. The zero-order valence-corrected chi connectivity index (χ0v) is 21.8. The summed E-state index contributed by atoms with van der Waals surface area (Å²) in [5, 5.41) is 14.2. The summed E-state index contributed by atoms with van der Waals surface area (Å²) >= 11 is 7.54. The van der Waals surface area contributed by atoms with Gasteiger partial charge in [0.1, 0.15) is 5.01 Å². The van der Waals surface area contributed by atoms with Crippen LogP contribution in [0.4, 0.5) is 5.69 Å². The van der Waals surface area contributed by atoms with E-state index in [1.807, 2.05) is 72.8 Å². The first kappa shape index (κ1) is 24.1. The van der Waals surface area contributed by atoms with Crippen molar-refractivity contribution in [2.75, 3.05) is 4.90 Å². The highest BCUT2D eigenvalue weighted by atomic mass is 35.5. The van der Waals surface area contributed by atoms with Crippen molar-refractivity contribution < 1.29 is 14.7 Å². The molecule has 1 aliphatic heterocycles. The van der Waals surface area contributed by atoms with E-state index in [2.05, 4.69) is 4.98 Å². The van der Waals surface area contributed by atoms with Gasteiger partial charge in [0.15, 0.2) is 5.76 Å². The van der Waals surface area contributed by atoms with Gasteiger partial charge in [0.05, 0.1) is 22.2 Å².